The first kappa shape index (κ1) is 14.6. The van der Waals surface area contributed by atoms with E-state index in [1.165, 1.54) is 0 Å². The van der Waals surface area contributed by atoms with E-state index in [2.05, 4.69) is 11.8 Å². The zero-order valence-electron chi connectivity index (χ0n) is 11.2. The van der Waals surface area contributed by atoms with Crippen molar-refractivity contribution in [1.29, 1.82) is 0 Å². The van der Waals surface area contributed by atoms with Crippen LogP contribution < -0.4 is 5.73 Å². The van der Waals surface area contributed by atoms with Gasteiger partial charge >= 0.3 is 0 Å². The summed E-state index contributed by atoms with van der Waals surface area (Å²) in [4.78, 5) is 25.0. The summed E-state index contributed by atoms with van der Waals surface area (Å²) in [5.74, 6) is 6.15. The predicted octanol–water partition coefficient (Wildman–Crippen LogP) is 1.29. The lowest BCUT2D eigenvalue weighted by atomic mass is 10.0. The van der Waals surface area contributed by atoms with E-state index in [0.29, 0.717) is 19.4 Å². The smallest absolute Gasteiger partial charge is 0.240 e. The van der Waals surface area contributed by atoms with Gasteiger partial charge in [-0.1, -0.05) is 19.8 Å². The molecule has 1 heterocycles. The SMILES string of the molecule is CCC#CC1CCC(=O)N(C(CC)C(N)=O)CC1. The minimum Gasteiger partial charge on any atom is -0.368 e. The van der Waals surface area contributed by atoms with Gasteiger partial charge in [0, 0.05) is 25.3 Å². The van der Waals surface area contributed by atoms with Gasteiger partial charge < -0.3 is 10.6 Å². The average Bonchev–Trinajstić information content (AvgIpc) is 2.51. The fourth-order valence-electron chi connectivity index (χ4n) is 2.30. The van der Waals surface area contributed by atoms with Crippen LogP contribution in [0.15, 0.2) is 0 Å². The molecule has 2 atom stereocenters. The highest BCUT2D eigenvalue weighted by molar-refractivity contribution is 5.86. The van der Waals surface area contributed by atoms with E-state index in [4.69, 9.17) is 5.73 Å². The van der Waals surface area contributed by atoms with Crippen molar-refractivity contribution in [2.45, 2.75) is 52.0 Å². The predicted molar refractivity (Wildman–Crippen MR) is 70.4 cm³/mol. The van der Waals surface area contributed by atoms with Gasteiger partial charge in [0.25, 0.3) is 0 Å². The third-order valence-electron chi connectivity index (χ3n) is 3.32. The molecule has 0 radical (unpaired) electrons. The molecule has 0 aromatic heterocycles. The molecule has 4 nitrogen and oxygen atoms in total. The zero-order valence-corrected chi connectivity index (χ0v) is 11.2. The van der Waals surface area contributed by atoms with E-state index in [0.717, 1.165) is 19.3 Å². The highest BCUT2D eigenvalue weighted by Gasteiger charge is 2.29. The van der Waals surface area contributed by atoms with Crippen LogP contribution in [0, 0.1) is 17.8 Å². The molecule has 1 rings (SSSR count). The third kappa shape index (κ3) is 3.76. The quantitative estimate of drug-likeness (QED) is 0.767. The second-order valence-corrected chi connectivity index (χ2v) is 4.61. The van der Waals surface area contributed by atoms with E-state index in [-0.39, 0.29) is 11.8 Å². The highest BCUT2D eigenvalue weighted by Crippen LogP contribution is 2.20. The van der Waals surface area contributed by atoms with Crippen LogP contribution in [0.1, 0.15) is 46.0 Å². The molecular weight excluding hydrogens is 228 g/mol. The van der Waals surface area contributed by atoms with E-state index >= 15 is 0 Å². The van der Waals surface area contributed by atoms with Gasteiger partial charge in [-0.25, -0.2) is 0 Å². The summed E-state index contributed by atoms with van der Waals surface area (Å²) in [5, 5.41) is 0. The number of hydrogen-bond acceptors (Lipinski definition) is 2. The number of rotatable bonds is 3. The monoisotopic (exact) mass is 250 g/mol. The van der Waals surface area contributed by atoms with Crippen LogP contribution in [0.4, 0.5) is 0 Å². The van der Waals surface area contributed by atoms with Crippen molar-refractivity contribution in [2.24, 2.45) is 11.7 Å². The van der Waals surface area contributed by atoms with E-state index in [1.54, 1.807) is 4.90 Å². The number of nitrogens with zero attached hydrogens (tertiary/aromatic N) is 1. The van der Waals surface area contributed by atoms with Gasteiger partial charge in [-0.05, 0) is 19.3 Å². The second kappa shape index (κ2) is 7.05. The van der Waals surface area contributed by atoms with Crippen molar-refractivity contribution < 1.29 is 9.59 Å². The Kier molecular flexibility index (Phi) is 5.70. The molecule has 1 aliphatic heterocycles. The number of likely N-dealkylation sites (tertiary alicyclic amines) is 1. The molecule has 4 heteroatoms. The Morgan fingerprint density at radius 1 is 1.50 bits per heavy atom. The van der Waals surface area contributed by atoms with E-state index < -0.39 is 11.9 Å². The second-order valence-electron chi connectivity index (χ2n) is 4.61. The Balaban J connectivity index is 2.72. The van der Waals surface area contributed by atoms with Crippen molar-refractivity contribution in [3.63, 3.8) is 0 Å². The zero-order chi connectivity index (χ0) is 13.5. The maximum absolute atomic E-state index is 12.0. The Morgan fingerprint density at radius 2 is 2.22 bits per heavy atom. The Bertz CT molecular complexity index is 368. The summed E-state index contributed by atoms with van der Waals surface area (Å²) in [6.45, 7) is 4.48. The first-order chi connectivity index (χ1) is 8.60. The Labute approximate surface area is 109 Å². The first-order valence-corrected chi connectivity index (χ1v) is 6.67. The maximum Gasteiger partial charge on any atom is 0.240 e. The minimum absolute atomic E-state index is 0.0291. The summed E-state index contributed by atoms with van der Waals surface area (Å²) in [6, 6.07) is -0.463. The third-order valence-corrected chi connectivity index (χ3v) is 3.32. The van der Waals surface area contributed by atoms with Crippen LogP contribution in [0.2, 0.25) is 0 Å². The molecule has 0 saturated carbocycles. The molecule has 100 valence electrons. The number of amides is 2. The van der Waals surface area contributed by atoms with E-state index in [1.807, 2.05) is 13.8 Å². The van der Waals surface area contributed by atoms with Gasteiger partial charge in [0.1, 0.15) is 6.04 Å². The van der Waals surface area contributed by atoms with Crippen molar-refractivity contribution in [2.75, 3.05) is 6.54 Å². The molecule has 2 unspecified atom stereocenters. The minimum atomic E-state index is -0.463. The first-order valence-electron chi connectivity index (χ1n) is 6.67. The molecule has 18 heavy (non-hydrogen) atoms. The summed E-state index contributed by atoms with van der Waals surface area (Å²) >= 11 is 0. The van der Waals surface area contributed by atoms with E-state index in [9.17, 15) is 9.59 Å². The van der Waals surface area contributed by atoms with Crippen molar-refractivity contribution in [1.82, 2.24) is 4.90 Å². The molecule has 0 aromatic rings. The summed E-state index contributed by atoms with van der Waals surface area (Å²) in [7, 11) is 0. The lowest BCUT2D eigenvalue weighted by Gasteiger charge is -2.27. The highest BCUT2D eigenvalue weighted by atomic mass is 16.2. The maximum atomic E-state index is 12.0. The number of primary amides is 1. The van der Waals surface area contributed by atoms with Gasteiger partial charge in [-0.2, -0.15) is 0 Å². The molecule has 1 aliphatic rings. The number of nitrogens with two attached hydrogens (primary N) is 1. The summed E-state index contributed by atoms with van der Waals surface area (Å²) < 4.78 is 0. The summed E-state index contributed by atoms with van der Waals surface area (Å²) in [5.41, 5.74) is 5.35. The van der Waals surface area contributed by atoms with Gasteiger partial charge in [-0.3, -0.25) is 9.59 Å². The molecule has 0 aliphatic carbocycles. The largest absolute Gasteiger partial charge is 0.368 e. The Hall–Kier alpha value is -1.50. The van der Waals surface area contributed by atoms with Gasteiger partial charge in [0.05, 0.1) is 0 Å². The van der Waals surface area contributed by atoms with Crippen LogP contribution in [0.3, 0.4) is 0 Å². The van der Waals surface area contributed by atoms with Gasteiger partial charge in [-0.15, -0.1) is 5.92 Å². The topological polar surface area (TPSA) is 63.4 Å². The van der Waals surface area contributed by atoms with Crippen molar-refractivity contribution in [3.05, 3.63) is 0 Å². The molecule has 1 fully saturated rings. The molecule has 2 amide bonds. The van der Waals surface area contributed by atoms with Gasteiger partial charge in [0.2, 0.25) is 11.8 Å². The van der Waals surface area contributed by atoms with Crippen LogP contribution >= 0.6 is 0 Å². The normalized spacial score (nSPS) is 21.8. The van der Waals surface area contributed by atoms with Crippen LogP contribution in [0.5, 0.6) is 0 Å². The fraction of sp³-hybridized carbons (Fsp3) is 0.714. The van der Waals surface area contributed by atoms with Crippen molar-refractivity contribution in [3.8, 4) is 11.8 Å². The molecule has 0 spiro atoms. The number of hydrogen-bond donors (Lipinski definition) is 1. The average molecular weight is 250 g/mol. The molecule has 2 N–H and O–H groups in total. The lowest BCUT2D eigenvalue weighted by Crippen LogP contribution is -2.47. The molecule has 0 aromatic carbocycles. The van der Waals surface area contributed by atoms with Crippen LogP contribution in [-0.2, 0) is 9.59 Å². The van der Waals surface area contributed by atoms with Gasteiger partial charge in [0.15, 0.2) is 0 Å². The lowest BCUT2D eigenvalue weighted by molar-refractivity contribution is -0.139. The molecule has 1 saturated heterocycles. The Morgan fingerprint density at radius 3 is 2.78 bits per heavy atom. The molecular formula is C14H22N2O2. The van der Waals surface area contributed by atoms with Crippen LogP contribution in [0.25, 0.3) is 0 Å². The number of carbonyl (C=O) groups excluding carboxylic acids is 2. The summed E-state index contributed by atoms with van der Waals surface area (Å²) in [6.07, 6.45) is 3.51. The molecule has 0 bridgehead atoms. The van der Waals surface area contributed by atoms with Crippen molar-refractivity contribution >= 4 is 11.8 Å². The fourth-order valence-corrected chi connectivity index (χ4v) is 2.30. The number of carbonyl (C=O) groups is 2. The standard InChI is InChI=1S/C14H22N2O2/c1-3-5-6-11-7-8-13(17)16(10-9-11)12(4-2)14(15)18/h11-12H,3-4,7-10H2,1-2H3,(H2,15,18). The van der Waals surface area contributed by atoms with Crippen LogP contribution in [-0.4, -0.2) is 29.3 Å².